The standard InChI is InChI=1S/C22H35N7O3.HI/c1-2-23-21(29-14-16-32-19(17-29)18-5-3-15-31-18)26-9-6-20(30)27-10-12-28(13-11-27)22-24-7-4-8-25-22;/h4,7-8,18-19H,2-3,5-6,9-17H2,1H3,(H,23,26);1H. The number of nitrogens with one attached hydrogen (secondary N) is 1. The van der Waals surface area contributed by atoms with Crippen molar-refractivity contribution in [3.05, 3.63) is 18.5 Å². The SMILES string of the molecule is CCNC(=NCCC(=O)N1CCN(c2ncccn2)CC1)N1CCOC(C2CCCO2)C1.I. The highest BCUT2D eigenvalue weighted by Crippen LogP contribution is 2.21. The summed E-state index contributed by atoms with van der Waals surface area (Å²) < 4.78 is 11.8. The Balaban J connectivity index is 0.00000306. The van der Waals surface area contributed by atoms with Crippen LogP contribution >= 0.6 is 24.0 Å². The Bertz CT molecular complexity index is 756. The highest BCUT2D eigenvalue weighted by atomic mass is 127. The maximum Gasteiger partial charge on any atom is 0.225 e. The maximum absolute atomic E-state index is 12.7. The normalized spacial score (nSPS) is 23.9. The molecule has 0 aliphatic carbocycles. The van der Waals surface area contributed by atoms with Crippen LogP contribution in [0, 0.1) is 0 Å². The number of aliphatic imine (C=N–C) groups is 1. The number of amides is 1. The maximum atomic E-state index is 12.7. The molecule has 3 fully saturated rings. The molecular formula is C22H36IN7O3. The second-order valence-electron chi connectivity index (χ2n) is 8.31. The van der Waals surface area contributed by atoms with Crippen LogP contribution in [0.2, 0.25) is 0 Å². The number of guanidine groups is 1. The Morgan fingerprint density at radius 2 is 1.85 bits per heavy atom. The van der Waals surface area contributed by atoms with Crippen LogP contribution in [0.5, 0.6) is 0 Å². The summed E-state index contributed by atoms with van der Waals surface area (Å²) in [5, 5.41) is 3.37. The summed E-state index contributed by atoms with van der Waals surface area (Å²) in [7, 11) is 0. The predicted octanol–water partition coefficient (Wildman–Crippen LogP) is 0.979. The highest BCUT2D eigenvalue weighted by Gasteiger charge is 2.32. The molecule has 33 heavy (non-hydrogen) atoms. The van der Waals surface area contributed by atoms with Gasteiger partial charge < -0.3 is 29.5 Å². The first-order chi connectivity index (χ1) is 15.7. The molecule has 1 aromatic rings. The van der Waals surface area contributed by atoms with Crippen LogP contribution in [-0.2, 0) is 14.3 Å². The average molecular weight is 573 g/mol. The summed E-state index contributed by atoms with van der Waals surface area (Å²) in [5.41, 5.74) is 0. The molecule has 3 aliphatic heterocycles. The second-order valence-corrected chi connectivity index (χ2v) is 8.31. The fourth-order valence-corrected chi connectivity index (χ4v) is 4.44. The molecule has 10 nitrogen and oxygen atoms in total. The van der Waals surface area contributed by atoms with Crippen LogP contribution in [-0.4, -0.2) is 109 Å². The molecule has 1 N–H and O–H groups in total. The minimum Gasteiger partial charge on any atom is -0.375 e. The van der Waals surface area contributed by atoms with E-state index in [4.69, 9.17) is 14.5 Å². The summed E-state index contributed by atoms with van der Waals surface area (Å²) in [4.78, 5) is 32.3. The summed E-state index contributed by atoms with van der Waals surface area (Å²) >= 11 is 0. The van der Waals surface area contributed by atoms with E-state index in [1.807, 2.05) is 11.0 Å². The van der Waals surface area contributed by atoms with Crippen molar-refractivity contribution in [3.63, 3.8) is 0 Å². The Kier molecular flexibility index (Phi) is 10.4. The van der Waals surface area contributed by atoms with Crippen LogP contribution in [0.3, 0.4) is 0 Å². The van der Waals surface area contributed by atoms with E-state index in [0.29, 0.717) is 32.7 Å². The first-order valence-corrected chi connectivity index (χ1v) is 11.8. The molecule has 2 atom stereocenters. The molecule has 0 radical (unpaired) electrons. The van der Waals surface area contributed by atoms with Crippen molar-refractivity contribution in [3.8, 4) is 0 Å². The number of rotatable bonds is 6. The van der Waals surface area contributed by atoms with E-state index in [-0.39, 0.29) is 42.1 Å². The predicted molar refractivity (Wildman–Crippen MR) is 137 cm³/mol. The third-order valence-corrected chi connectivity index (χ3v) is 6.16. The van der Waals surface area contributed by atoms with E-state index in [0.717, 1.165) is 64.1 Å². The molecule has 4 heterocycles. The number of halogens is 1. The van der Waals surface area contributed by atoms with Gasteiger partial charge in [-0.15, -0.1) is 24.0 Å². The molecule has 4 rings (SSSR count). The van der Waals surface area contributed by atoms with Crippen LogP contribution in [0.1, 0.15) is 26.2 Å². The largest absolute Gasteiger partial charge is 0.375 e. The number of hydrogen-bond donors (Lipinski definition) is 1. The lowest BCUT2D eigenvalue weighted by Crippen LogP contribution is -2.53. The molecule has 3 aliphatic rings. The lowest BCUT2D eigenvalue weighted by Gasteiger charge is -2.37. The summed E-state index contributed by atoms with van der Waals surface area (Å²) in [6, 6.07) is 1.81. The molecule has 1 aromatic heterocycles. The van der Waals surface area contributed by atoms with Gasteiger partial charge in [0, 0.05) is 71.2 Å². The van der Waals surface area contributed by atoms with Gasteiger partial charge in [-0.05, 0) is 25.8 Å². The van der Waals surface area contributed by atoms with Gasteiger partial charge in [-0.3, -0.25) is 9.79 Å². The Morgan fingerprint density at radius 3 is 2.55 bits per heavy atom. The zero-order valence-electron chi connectivity index (χ0n) is 19.4. The van der Waals surface area contributed by atoms with Crippen molar-refractivity contribution in [2.75, 3.05) is 70.5 Å². The van der Waals surface area contributed by atoms with Crippen molar-refractivity contribution >= 4 is 41.8 Å². The average Bonchev–Trinajstić information content (AvgIpc) is 3.39. The number of nitrogens with zero attached hydrogens (tertiary/aromatic N) is 6. The van der Waals surface area contributed by atoms with Crippen LogP contribution in [0.4, 0.5) is 5.95 Å². The van der Waals surface area contributed by atoms with Gasteiger partial charge >= 0.3 is 0 Å². The minimum absolute atomic E-state index is 0. The first-order valence-electron chi connectivity index (χ1n) is 11.8. The van der Waals surface area contributed by atoms with E-state index in [1.165, 1.54) is 0 Å². The van der Waals surface area contributed by atoms with Gasteiger partial charge in [-0.1, -0.05) is 0 Å². The van der Waals surface area contributed by atoms with Crippen molar-refractivity contribution in [1.29, 1.82) is 0 Å². The van der Waals surface area contributed by atoms with E-state index < -0.39 is 0 Å². The Hall–Kier alpha value is -1.73. The summed E-state index contributed by atoms with van der Waals surface area (Å²) in [6.07, 6.45) is 6.34. The number of piperazine rings is 1. The molecule has 3 saturated heterocycles. The molecule has 2 unspecified atom stereocenters. The topological polar surface area (TPSA) is 95.4 Å². The first kappa shape index (κ1) is 25.9. The van der Waals surface area contributed by atoms with Crippen molar-refractivity contribution in [1.82, 2.24) is 25.1 Å². The van der Waals surface area contributed by atoms with Crippen molar-refractivity contribution in [2.24, 2.45) is 4.99 Å². The van der Waals surface area contributed by atoms with Gasteiger partial charge in [0.25, 0.3) is 0 Å². The van der Waals surface area contributed by atoms with Gasteiger partial charge in [0.15, 0.2) is 5.96 Å². The minimum atomic E-state index is 0. The molecule has 0 aromatic carbocycles. The molecule has 11 heteroatoms. The zero-order valence-corrected chi connectivity index (χ0v) is 21.7. The van der Waals surface area contributed by atoms with Gasteiger partial charge in [0.1, 0.15) is 6.10 Å². The van der Waals surface area contributed by atoms with Gasteiger partial charge in [-0.25, -0.2) is 9.97 Å². The quantitative estimate of drug-likeness (QED) is 0.306. The van der Waals surface area contributed by atoms with E-state index in [2.05, 4.69) is 32.0 Å². The Morgan fingerprint density at radius 1 is 1.09 bits per heavy atom. The highest BCUT2D eigenvalue weighted by molar-refractivity contribution is 14.0. The number of hydrogen-bond acceptors (Lipinski definition) is 7. The third-order valence-electron chi connectivity index (χ3n) is 6.16. The van der Waals surface area contributed by atoms with Crippen molar-refractivity contribution in [2.45, 2.75) is 38.4 Å². The number of carbonyl (C=O) groups is 1. The molecule has 184 valence electrons. The molecule has 1 amide bonds. The number of ether oxygens (including phenoxy) is 2. The summed E-state index contributed by atoms with van der Waals surface area (Å²) in [5.74, 6) is 1.74. The van der Waals surface area contributed by atoms with Crippen LogP contribution < -0.4 is 10.2 Å². The van der Waals surface area contributed by atoms with E-state index in [9.17, 15) is 4.79 Å². The van der Waals surface area contributed by atoms with Crippen LogP contribution in [0.25, 0.3) is 0 Å². The fraction of sp³-hybridized carbons (Fsp3) is 0.727. The van der Waals surface area contributed by atoms with Gasteiger partial charge in [0.05, 0.1) is 19.3 Å². The van der Waals surface area contributed by atoms with Crippen molar-refractivity contribution < 1.29 is 14.3 Å². The summed E-state index contributed by atoms with van der Waals surface area (Å²) in [6.45, 7) is 9.27. The number of aromatic nitrogens is 2. The lowest BCUT2D eigenvalue weighted by atomic mass is 10.1. The van der Waals surface area contributed by atoms with E-state index in [1.54, 1.807) is 12.4 Å². The zero-order chi connectivity index (χ0) is 22.2. The number of carbonyl (C=O) groups excluding carboxylic acids is 1. The van der Waals surface area contributed by atoms with Gasteiger partial charge in [0.2, 0.25) is 11.9 Å². The van der Waals surface area contributed by atoms with Crippen LogP contribution in [0.15, 0.2) is 23.5 Å². The number of morpholine rings is 1. The second kappa shape index (κ2) is 13.2. The fourth-order valence-electron chi connectivity index (χ4n) is 4.44. The monoisotopic (exact) mass is 573 g/mol. The molecule has 0 saturated carbocycles. The molecular weight excluding hydrogens is 537 g/mol. The molecule has 0 spiro atoms. The van der Waals surface area contributed by atoms with E-state index >= 15 is 0 Å². The molecule has 0 bridgehead atoms. The number of anilines is 1. The Labute approximate surface area is 213 Å². The van der Waals surface area contributed by atoms with Gasteiger partial charge in [-0.2, -0.15) is 0 Å². The third kappa shape index (κ3) is 7.12. The lowest BCUT2D eigenvalue weighted by molar-refractivity contribution is -0.131. The smallest absolute Gasteiger partial charge is 0.225 e.